The average Bonchev–Trinajstić information content (AvgIpc) is 2.88. The number of hydrogen-bond acceptors (Lipinski definition) is 7. The van der Waals surface area contributed by atoms with Gasteiger partial charge in [0.05, 0.1) is 6.61 Å². The number of aliphatic hydroxyl groups is 1. The number of aliphatic carboxylic acids is 1. The minimum Gasteiger partial charge on any atom is -0.481 e. The largest absolute Gasteiger partial charge is 0.481 e. The predicted molar refractivity (Wildman–Crippen MR) is 87.6 cm³/mol. The van der Waals surface area contributed by atoms with Gasteiger partial charge in [-0.2, -0.15) is 0 Å². The second-order valence-corrected chi connectivity index (χ2v) is 6.06. The van der Waals surface area contributed by atoms with Crippen molar-refractivity contribution in [1.82, 2.24) is 10.2 Å². The highest BCUT2D eigenvalue weighted by molar-refractivity contribution is 6.40. The molecule has 1 aliphatic heterocycles. The maximum Gasteiger partial charge on any atom is 0.451 e. The molecule has 1 aliphatic rings. The van der Waals surface area contributed by atoms with Crippen LogP contribution in [0.25, 0.3) is 0 Å². The number of carbonyl (C=O) groups is 2. The van der Waals surface area contributed by atoms with Gasteiger partial charge in [-0.25, -0.2) is 0 Å². The second-order valence-electron chi connectivity index (χ2n) is 6.06. The van der Waals surface area contributed by atoms with Gasteiger partial charge in [0.15, 0.2) is 0 Å². The van der Waals surface area contributed by atoms with Gasteiger partial charge >= 0.3 is 13.1 Å². The molecule has 2 unspecified atom stereocenters. The van der Waals surface area contributed by atoms with Crippen molar-refractivity contribution in [2.75, 3.05) is 26.7 Å². The van der Waals surface area contributed by atoms with E-state index >= 15 is 0 Å². The Bertz CT molecular complexity index is 471. The predicted octanol–water partition coefficient (Wildman–Crippen LogP) is -2.18. The maximum atomic E-state index is 12.4. The van der Waals surface area contributed by atoms with Crippen LogP contribution in [-0.2, 0) is 9.59 Å². The zero-order valence-corrected chi connectivity index (χ0v) is 13.8. The highest BCUT2D eigenvalue weighted by Crippen LogP contribution is 2.41. The Kier molecular flexibility index (Phi) is 7.68. The van der Waals surface area contributed by atoms with Crippen LogP contribution in [0.4, 0.5) is 0 Å². The summed E-state index contributed by atoms with van der Waals surface area (Å²) in [7, 11) is 0.0932. The lowest BCUT2D eigenvalue weighted by Gasteiger charge is -2.27. The molecule has 0 aromatic heterocycles. The Morgan fingerprint density at radius 3 is 2.62 bits per heavy atom. The van der Waals surface area contributed by atoms with Crippen LogP contribution in [0.15, 0.2) is 12.3 Å². The van der Waals surface area contributed by atoms with E-state index in [1.165, 1.54) is 11.0 Å². The molecule has 10 heteroatoms. The van der Waals surface area contributed by atoms with E-state index in [0.29, 0.717) is 12.8 Å². The maximum absolute atomic E-state index is 12.4. The molecule has 0 bridgehead atoms. The molecule has 3 atom stereocenters. The molecule has 7 N–H and O–H groups in total. The van der Waals surface area contributed by atoms with Crippen LogP contribution >= 0.6 is 0 Å². The van der Waals surface area contributed by atoms with Gasteiger partial charge in [0.1, 0.15) is 11.5 Å². The van der Waals surface area contributed by atoms with Gasteiger partial charge < -0.3 is 36.2 Å². The first-order chi connectivity index (χ1) is 11.3. The monoisotopic (exact) mass is 343 g/mol. The molecule has 24 heavy (non-hydrogen) atoms. The summed E-state index contributed by atoms with van der Waals surface area (Å²) in [4.78, 5) is 25.7. The van der Waals surface area contributed by atoms with Crippen molar-refractivity contribution in [3.8, 4) is 0 Å². The fourth-order valence-electron chi connectivity index (χ4n) is 3.19. The van der Waals surface area contributed by atoms with Crippen LogP contribution in [0.1, 0.15) is 12.8 Å². The highest BCUT2D eigenvalue weighted by Gasteiger charge is 2.52. The summed E-state index contributed by atoms with van der Waals surface area (Å²) >= 11 is 0. The van der Waals surface area contributed by atoms with Gasteiger partial charge in [-0.3, -0.25) is 9.59 Å². The van der Waals surface area contributed by atoms with Gasteiger partial charge in [-0.1, -0.05) is 6.42 Å². The number of likely N-dealkylation sites (tertiary alicyclic amines) is 1. The van der Waals surface area contributed by atoms with Gasteiger partial charge in [0, 0.05) is 13.1 Å². The van der Waals surface area contributed by atoms with Crippen LogP contribution in [-0.4, -0.2) is 76.9 Å². The Labute approximate surface area is 141 Å². The first-order valence-corrected chi connectivity index (χ1v) is 7.88. The summed E-state index contributed by atoms with van der Waals surface area (Å²) < 4.78 is 0. The smallest absolute Gasteiger partial charge is 0.451 e. The number of aliphatic hydroxyl groups excluding tert-OH is 1. The van der Waals surface area contributed by atoms with Crippen molar-refractivity contribution in [1.29, 1.82) is 0 Å². The van der Waals surface area contributed by atoms with E-state index in [0.717, 1.165) is 6.20 Å². The van der Waals surface area contributed by atoms with Gasteiger partial charge in [-0.05, 0) is 38.0 Å². The van der Waals surface area contributed by atoms with Crippen LogP contribution in [0.2, 0.25) is 6.32 Å². The third-order valence-corrected chi connectivity index (χ3v) is 4.57. The molecule has 0 aliphatic carbocycles. The van der Waals surface area contributed by atoms with Crippen molar-refractivity contribution in [2.24, 2.45) is 17.1 Å². The Morgan fingerprint density at radius 1 is 1.50 bits per heavy atom. The fourth-order valence-corrected chi connectivity index (χ4v) is 3.19. The number of nitrogens with one attached hydrogen (secondary N) is 1. The SMILES string of the molecule is CN[C@@H](CO)C(=O)N1CC(CCCB(O)O)C(/C=C/N)(C(=O)O)C1. The molecule has 1 saturated heterocycles. The van der Waals surface area contributed by atoms with Crippen molar-refractivity contribution in [3.63, 3.8) is 0 Å². The summed E-state index contributed by atoms with van der Waals surface area (Å²) in [5.74, 6) is -1.87. The van der Waals surface area contributed by atoms with Crippen LogP contribution < -0.4 is 11.1 Å². The van der Waals surface area contributed by atoms with Crippen LogP contribution in [0, 0.1) is 11.3 Å². The van der Waals surface area contributed by atoms with Crippen LogP contribution in [0.3, 0.4) is 0 Å². The minimum absolute atomic E-state index is 0.0423. The molecule has 0 aromatic rings. The van der Waals surface area contributed by atoms with E-state index in [1.54, 1.807) is 7.05 Å². The quantitative estimate of drug-likeness (QED) is 0.258. The lowest BCUT2D eigenvalue weighted by Crippen LogP contribution is -2.47. The molecular formula is C14H26BN3O6. The molecule has 1 fully saturated rings. The number of amides is 1. The molecule has 1 rings (SSSR count). The summed E-state index contributed by atoms with van der Waals surface area (Å²) in [6.45, 7) is -0.228. The van der Waals surface area contributed by atoms with E-state index < -0.39 is 30.5 Å². The highest BCUT2D eigenvalue weighted by atomic mass is 16.4. The molecule has 1 amide bonds. The number of nitrogens with zero attached hydrogens (tertiary/aromatic N) is 1. The first-order valence-electron chi connectivity index (χ1n) is 7.88. The number of nitrogens with two attached hydrogens (primary N) is 1. The summed E-state index contributed by atoms with van der Waals surface area (Å²) in [6.07, 6.45) is 3.49. The number of carboxylic acids is 1. The number of rotatable bonds is 9. The van der Waals surface area contributed by atoms with Crippen molar-refractivity contribution < 1.29 is 29.9 Å². The Morgan fingerprint density at radius 2 is 2.17 bits per heavy atom. The minimum atomic E-state index is -1.45. The van der Waals surface area contributed by atoms with E-state index in [1.807, 2.05) is 0 Å². The molecular weight excluding hydrogens is 317 g/mol. The van der Waals surface area contributed by atoms with E-state index in [4.69, 9.17) is 15.8 Å². The van der Waals surface area contributed by atoms with Crippen molar-refractivity contribution in [3.05, 3.63) is 12.3 Å². The zero-order chi connectivity index (χ0) is 18.3. The number of carboxylic acid groups (broad SMARTS) is 1. The van der Waals surface area contributed by atoms with Gasteiger partial charge in [-0.15, -0.1) is 0 Å². The van der Waals surface area contributed by atoms with Crippen LogP contribution in [0.5, 0.6) is 0 Å². The number of hydrogen-bond donors (Lipinski definition) is 6. The van der Waals surface area contributed by atoms with E-state index in [9.17, 15) is 19.8 Å². The topological polar surface area (TPSA) is 156 Å². The average molecular weight is 343 g/mol. The Balaban J connectivity index is 2.99. The fraction of sp³-hybridized carbons (Fsp3) is 0.714. The molecule has 0 radical (unpaired) electrons. The van der Waals surface area contributed by atoms with Gasteiger partial charge in [0.25, 0.3) is 0 Å². The summed E-state index contributed by atoms with van der Waals surface area (Å²) in [6, 6.07) is -0.795. The molecule has 9 nitrogen and oxygen atoms in total. The zero-order valence-electron chi connectivity index (χ0n) is 13.8. The third-order valence-electron chi connectivity index (χ3n) is 4.57. The molecule has 1 heterocycles. The molecule has 0 spiro atoms. The number of likely N-dealkylation sites (N-methyl/N-ethyl adjacent to an activating group) is 1. The first kappa shape index (κ1) is 20.4. The standard InChI is InChI=1S/C14H26BN3O6/c1-17-11(8-19)12(20)18-7-10(3-2-5-15(23)24)14(9-18,4-6-16)13(21)22/h4,6,10-11,17,19,23-24H,2-3,5,7-9,16H2,1H3,(H,21,22)/b6-4+/t10?,11-,14?/m0/s1. The summed E-state index contributed by atoms with van der Waals surface area (Å²) in [5.41, 5.74) is 4.10. The lowest BCUT2D eigenvalue weighted by atomic mass is 9.73. The Hall–Kier alpha value is -1.62. The number of carbonyl (C=O) groups excluding carboxylic acids is 1. The molecule has 0 saturated carbocycles. The summed E-state index contributed by atoms with van der Waals surface area (Å²) in [5, 5.41) is 39.6. The second kappa shape index (κ2) is 9.02. The van der Waals surface area contributed by atoms with Crippen molar-refractivity contribution >= 4 is 19.0 Å². The molecule has 0 aromatic carbocycles. The van der Waals surface area contributed by atoms with E-state index in [-0.39, 0.29) is 31.9 Å². The molecule has 136 valence electrons. The normalized spacial score (nSPS) is 25.2. The van der Waals surface area contributed by atoms with E-state index in [2.05, 4.69) is 5.32 Å². The van der Waals surface area contributed by atoms with Gasteiger partial charge in [0.2, 0.25) is 5.91 Å². The third kappa shape index (κ3) is 4.47. The lowest BCUT2D eigenvalue weighted by molar-refractivity contribution is -0.147. The van der Waals surface area contributed by atoms with Crippen molar-refractivity contribution in [2.45, 2.75) is 25.2 Å².